The number of nitrogens with zero attached hydrogens (tertiary/aromatic N) is 1. The van der Waals surface area contributed by atoms with Crippen molar-refractivity contribution >= 4 is 0 Å². The Hall–Kier alpha value is -0.930. The van der Waals surface area contributed by atoms with Gasteiger partial charge < -0.3 is 10.4 Å². The number of aliphatic hydroxyl groups is 1. The van der Waals surface area contributed by atoms with Gasteiger partial charge in [-0.1, -0.05) is 6.07 Å². The number of pyridine rings is 1. The third-order valence-electron chi connectivity index (χ3n) is 2.41. The van der Waals surface area contributed by atoms with Crippen molar-refractivity contribution in [3.63, 3.8) is 0 Å². The lowest BCUT2D eigenvalue weighted by Crippen LogP contribution is -2.14. The molecule has 1 aliphatic heterocycles. The average molecular weight is 178 g/mol. The summed E-state index contributed by atoms with van der Waals surface area (Å²) in [6.07, 6.45) is 2.37. The maximum absolute atomic E-state index is 8.92. The smallest absolute Gasteiger partial charge is 0.0853 e. The van der Waals surface area contributed by atoms with Crippen LogP contribution in [0.25, 0.3) is 0 Å². The summed E-state index contributed by atoms with van der Waals surface area (Å²) in [6, 6.07) is 6.21. The molecule has 0 aromatic carbocycles. The summed E-state index contributed by atoms with van der Waals surface area (Å²) in [7, 11) is 0. The standard InChI is InChI=1S/C10H14N2O/c13-7-8-3-1-4-10(12-8)9-5-2-6-11-9/h1,3-4,9,11,13H,2,5-7H2/t9-/m0/s1. The minimum Gasteiger partial charge on any atom is -0.390 e. The van der Waals surface area contributed by atoms with Gasteiger partial charge in [-0.05, 0) is 31.5 Å². The highest BCUT2D eigenvalue weighted by Crippen LogP contribution is 2.20. The molecule has 13 heavy (non-hydrogen) atoms. The van der Waals surface area contributed by atoms with Gasteiger partial charge in [0.1, 0.15) is 0 Å². The molecule has 2 N–H and O–H groups in total. The Bertz CT molecular complexity index is 282. The molecule has 1 aromatic heterocycles. The van der Waals surface area contributed by atoms with Gasteiger partial charge in [-0.15, -0.1) is 0 Å². The van der Waals surface area contributed by atoms with Crippen LogP contribution in [0.4, 0.5) is 0 Å². The molecule has 70 valence electrons. The van der Waals surface area contributed by atoms with E-state index in [-0.39, 0.29) is 6.61 Å². The summed E-state index contributed by atoms with van der Waals surface area (Å²) in [6.45, 7) is 1.11. The fraction of sp³-hybridized carbons (Fsp3) is 0.500. The Balaban J connectivity index is 2.18. The van der Waals surface area contributed by atoms with Crippen LogP contribution in [-0.2, 0) is 6.61 Å². The van der Waals surface area contributed by atoms with E-state index in [1.165, 1.54) is 6.42 Å². The molecule has 2 rings (SSSR count). The predicted octanol–water partition coefficient (Wildman–Crippen LogP) is 0.998. The van der Waals surface area contributed by atoms with Gasteiger partial charge in [0.15, 0.2) is 0 Å². The molecule has 0 saturated carbocycles. The number of hydrogen-bond acceptors (Lipinski definition) is 3. The lowest BCUT2D eigenvalue weighted by molar-refractivity contribution is 0.276. The topological polar surface area (TPSA) is 45.1 Å². The maximum Gasteiger partial charge on any atom is 0.0853 e. The molecular formula is C10H14N2O. The molecule has 1 saturated heterocycles. The Kier molecular flexibility index (Phi) is 2.57. The number of aromatic nitrogens is 1. The van der Waals surface area contributed by atoms with Crippen LogP contribution in [0.1, 0.15) is 30.3 Å². The summed E-state index contributed by atoms with van der Waals surface area (Å²) >= 11 is 0. The Morgan fingerprint density at radius 1 is 1.54 bits per heavy atom. The van der Waals surface area contributed by atoms with E-state index in [1.807, 2.05) is 18.2 Å². The lowest BCUT2D eigenvalue weighted by atomic mass is 10.1. The SMILES string of the molecule is OCc1cccc([C@@H]2CCCN2)n1. The van der Waals surface area contributed by atoms with Crippen molar-refractivity contribution in [1.82, 2.24) is 10.3 Å². The van der Waals surface area contributed by atoms with Gasteiger partial charge in [0.25, 0.3) is 0 Å². The van der Waals surface area contributed by atoms with Crippen molar-refractivity contribution in [1.29, 1.82) is 0 Å². The van der Waals surface area contributed by atoms with Gasteiger partial charge in [0.05, 0.1) is 18.0 Å². The van der Waals surface area contributed by atoms with Gasteiger partial charge >= 0.3 is 0 Å². The van der Waals surface area contributed by atoms with Crippen molar-refractivity contribution in [3.8, 4) is 0 Å². The monoisotopic (exact) mass is 178 g/mol. The molecule has 1 atom stereocenters. The van der Waals surface area contributed by atoms with E-state index >= 15 is 0 Å². The van der Waals surface area contributed by atoms with Crippen LogP contribution in [0.3, 0.4) is 0 Å². The fourth-order valence-corrected chi connectivity index (χ4v) is 1.72. The van der Waals surface area contributed by atoms with Gasteiger partial charge in [0.2, 0.25) is 0 Å². The molecule has 1 aromatic rings. The largest absolute Gasteiger partial charge is 0.390 e. The zero-order valence-corrected chi connectivity index (χ0v) is 7.53. The zero-order chi connectivity index (χ0) is 9.10. The molecule has 0 radical (unpaired) electrons. The first kappa shape index (κ1) is 8.66. The Labute approximate surface area is 77.8 Å². The number of aliphatic hydroxyl groups excluding tert-OH is 1. The van der Waals surface area contributed by atoms with E-state index in [0.29, 0.717) is 6.04 Å². The van der Waals surface area contributed by atoms with E-state index in [4.69, 9.17) is 5.11 Å². The van der Waals surface area contributed by atoms with E-state index in [0.717, 1.165) is 24.4 Å². The third kappa shape index (κ3) is 1.87. The zero-order valence-electron chi connectivity index (χ0n) is 7.53. The van der Waals surface area contributed by atoms with E-state index in [2.05, 4.69) is 10.3 Å². The van der Waals surface area contributed by atoms with Crippen molar-refractivity contribution in [3.05, 3.63) is 29.6 Å². The highest BCUT2D eigenvalue weighted by Gasteiger charge is 2.16. The first-order valence-corrected chi connectivity index (χ1v) is 4.70. The van der Waals surface area contributed by atoms with Crippen LogP contribution in [0.15, 0.2) is 18.2 Å². The minimum atomic E-state index is 0.0283. The molecule has 2 heterocycles. The van der Waals surface area contributed by atoms with Crippen LogP contribution in [0.5, 0.6) is 0 Å². The van der Waals surface area contributed by atoms with Crippen molar-refractivity contribution in [2.75, 3.05) is 6.54 Å². The number of nitrogens with one attached hydrogen (secondary N) is 1. The van der Waals surface area contributed by atoms with E-state index in [9.17, 15) is 0 Å². The van der Waals surface area contributed by atoms with Gasteiger partial charge in [-0.2, -0.15) is 0 Å². The molecule has 0 spiro atoms. The van der Waals surface area contributed by atoms with Crippen LogP contribution in [-0.4, -0.2) is 16.6 Å². The Morgan fingerprint density at radius 2 is 2.46 bits per heavy atom. The summed E-state index contributed by atoms with van der Waals surface area (Å²) in [5, 5.41) is 12.3. The molecule has 1 fully saturated rings. The predicted molar refractivity (Wildman–Crippen MR) is 50.1 cm³/mol. The molecule has 0 amide bonds. The summed E-state index contributed by atoms with van der Waals surface area (Å²) < 4.78 is 0. The summed E-state index contributed by atoms with van der Waals surface area (Å²) in [5.74, 6) is 0. The molecule has 0 bridgehead atoms. The lowest BCUT2D eigenvalue weighted by Gasteiger charge is -2.09. The minimum absolute atomic E-state index is 0.0283. The second-order valence-electron chi connectivity index (χ2n) is 3.36. The van der Waals surface area contributed by atoms with Crippen LogP contribution < -0.4 is 5.32 Å². The van der Waals surface area contributed by atoms with Crippen LogP contribution in [0.2, 0.25) is 0 Å². The fourth-order valence-electron chi connectivity index (χ4n) is 1.72. The second kappa shape index (κ2) is 3.85. The van der Waals surface area contributed by atoms with Gasteiger partial charge in [-0.3, -0.25) is 4.98 Å². The molecular weight excluding hydrogens is 164 g/mol. The first-order chi connectivity index (χ1) is 6.40. The molecule has 3 nitrogen and oxygen atoms in total. The Morgan fingerprint density at radius 3 is 3.15 bits per heavy atom. The molecule has 0 aliphatic carbocycles. The van der Waals surface area contributed by atoms with Gasteiger partial charge in [0, 0.05) is 6.04 Å². The van der Waals surface area contributed by atoms with E-state index < -0.39 is 0 Å². The summed E-state index contributed by atoms with van der Waals surface area (Å²) in [5.41, 5.74) is 1.82. The van der Waals surface area contributed by atoms with Gasteiger partial charge in [-0.25, -0.2) is 0 Å². The molecule has 0 unspecified atom stereocenters. The average Bonchev–Trinajstić information content (AvgIpc) is 2.71. The highest BCUT2D eigenvalue weighted by molar-refractivity contribution is 5.14. The quantitative estimate of drug-likeness (QED) is 0.710. The van der Waals surface area contributed by atoms with Crippen LogP contribution in [0, 0.1) is 0 Å². The van der Waals surface area contributed by atoms with Crippen LogP contribution >= 0.6 is 0 Å². The number of rotatable bonds is 2. The second-order valence-corrected chi connectivity index (χ2v) is 3.36. The van der Waals surface area contributed by atoms with Crippen molar-refractivity contribution in [2.24, 2.45) is 0 Å². The first-order valence-electron chi connectivity index (χ1n) is 4.70. The molecule has 3 heteroatoms. The van der Waals surface area contributed by atoms with E-state index in [1.54, 1.807) is 0 Å². The third-order valence-corrected chi connectivity index (χ3v) is 2.41. The number of hydrogen-bond donors (Lipinski definition) is 2. The van der Waals surface area contributed by atoms with Crippen molar-refractivity contribution < 1.29 is 5.11 Å². The normalized spacial score (nSPS) is 22.1. The maximum atomic E-state index is 8.92. The highest BCUT2D eigenvalue weighted by atomic mass is 16.3. The molecule has 1 aliphatic rings. The summed E-state index contributed by atoms with van der Waals surface area (Å²) in [4.78, 5) is 4.36. The van der Waals surface area contributed by atoms with Crippen molar-refractivity contribution in [2.45, 2.75) is 25.5 Å².